The predicted molar refractivity (Wildman–Crippen MR) is 78.3 cm³/mol. The van der Waals surface area contributed by atoms with Crippen molar-refractivity contribution in [2.24, 2.45) is 0 Å². The van der Waals surface area contributed by atoms with Crippen LogP contribution >= 0.6 is 0 Å². The number of rotatable bonds is 8. The second kappa shape index (κ2) is 8.11. The number of nitrogens with zero attached hydrogens (tertiary/aromatic N) is 1. The van der Waals surface area contributed by atoms with Gasteiger partial charge in [0, 0.05) is 31.9 Å². The standard InChI is InChI=1S/C15H26N2O/c1-5-16-13(3)14-7-9-15(10-8-14)17(6-2)11-12-18-4/h7-10,13,16H,5-6,11-12H2,1-4H3. The Balaban J connectivity index is 2.68. The summed E-state index contributed by atoms with van der Waals surface area (Å²) in [5.74, 6) is 0. The van der Waals surface area contributed by atoms with Gasteiger partial charge in [0.05, 0.1) is 6.61 Å². The Labute approximate surface area is 111 Å². The molecule has 0 aliphatic rings. The second-order valence-corrected chi connectivity index (χ2v) is 4.44. The third kappa shape index (κ3) is 4.31. The van der Waals surface area contributed by atoms with E-state index in [1.807, 2.05) is 0 Å². The van der Waals surface area contributed by atoms with Crippen molar-refractivity contribution in [3.8, 4) is 0 Å². The Hall–Kier alpha value is -1.06. The Morgan fingerprint density at radius 2 is 1.89 bits per heavy atom. The van der Waals surface area contributed by atoms with Crippen LogP contribution in [0.15, 0.2) is 24.3 Å². The van der Waals surface area contributed by atoms with Gasteiger partial charge in [0.1, 0.15) is 0 Å². The molecule has 18 heavy (non-hydrogen) atoms. The van der Waals surface area contributed by atoms with Gasteiger partial charge in [-0.1, -0.05) is 19.1 Å². The van der Waals surface area contributed by atoms with E-state index < -0.39 is 0 Å². The summed E-state index contributed by atoms with van der Waals surface area (Å²) < 4.78 is 5.14. The lowest BCUT2D eigenvalue weighted by molar-refractivity contribution is 0.205. The molecule has 0 saturated carbocycles. The summed E-state index contributed by atoms with van der Waals surface area (Å²) in [7, 11) is 1.75. The Bertz CT molecular complexity index is 324. The van der Waals surface area contributed by atoms with Crippen LogP contribution in [-0.2, 0) is 4.74 Å². The second-order valence-electron chi connectivity index (χ2n) is 4.44. The third-order valence-electron chi connectivity index (χ3n) is 3.22. The third-order valence-corrected chi connectivity index (χ3v) is 3.22. The maximum Gasteiger partial charge on any atom is 0.0637 e. The van der Waals surface area contributed by atoms with Crippen LogP contribution in [0.2, 0.25) is 0 Å². The number of hydrogen-bond donors (Lipinski definition) is 1. The highest BCUT2D eigenvalue weighted by molar-refractivity contribution is 5.47. The Morgan fingerprint density at radius 3 is 2.39 bits per heavy atom. The molecule has 0 aliphatic heterocycles. The molecule has 0 radical (unpaired) electrons. The largest absolute Gasteiger partial charge is 0.383 e. The Morgan fingerprint density at radius 1 is 1.22 bits per heavy atom. The normalized spacial score (nSPS) is 12.4. The minimum Gasteiger partial charge on any atom is -0.383 e. The number of hydrogen-bond acceptors (Lipinski definition) is 3. The molecular weight excluding hydrogens is 224 g/mol. The summed E-state index contributed by atoms with van der Waals surface area (Å²) in [4.78, 5) is 2.32. The van der Waals surface area contributed by atoms with Crippen molar-refractivity contribution in [1.82, 2.24) is 5.32 Å². The van der Waals surface area contributed by atoms with Gasteiger partial charge in [-0.05, 0) is 38.1 Å². The highest BCUT2D eigenvalue weighted by atomic mass is 16.5. The van der Waals surface area contributed by atoms with E-state index in [0.717, 1.165) is 26.2 Å². The molecule has 102 valence electrons. The summed E-state index contributed by atoms with van der Waals surface area (Å²) in [5, 5.41) is 3.43. The summed E-state index contributed by atoms with van der Waals surface area (Å²) in [6.07, 6.45) is 0. The number of nitrogens with one attached hydrogen (secondary N) is 1. The van der Waals surface area contributed by atoms with Gasteiger partial charge in [-0.2, -0.15) is 0 Å². The highest BCUT2D eigenvalue weighted by Crippen LogP contribution is 2.18. The van der Waals surface area contributed by atoms with Crippen molar-refractivity contribution in [3.63, 3.8) is 0 Å². The van der Waals surface area contributed by atoms with Crippen LogP contribution in [0.5, 0.6) is 0 Å². The van der Waals surface area contributed by atoms with Crippen molar-refractivity contribution in [2.45, 2.75) is 26.8 Å². The van der Waals surface area contributed by atoms with Gasteiger partial charge in [0.2, 0.25) is 0 Å². The van der Waals surface area contributed by atoms with E-state index in [0.29, 0.717) is 6.04 Å². The van der Waals surface area contributed by atoms with Crippen LogP contribution < -0.4 is 10.2 Å². The lowest BCUT2D eigenvalue weighted by Crippen LogP contribution is -2.26. The van der Waals surface area contributed by atoms with Gasteiger partial charge < -0.3 is 15.0 Å². The van der Waals surface area contributed by atoms with Gasteiger partial charge in [-0.15, -0.1) is 0 Å². The fourth-order valence-corrected chi connectivity index (χ4v) is 2.07. The average molecular weight is 250 g/mol. The van der Waals surface area contributed by atoms with E-state index in [2.05, 4.69) is 55.3 Å². The van der Waals surface area contributed by atoms with Crippen molar-refractivity contribution < 1.29 is 4.74 Å². The highest BCUT2D eigenvalue weighted by Gasteiger charge is 2.06. The van der Waals surface area contributed by atoms with Crippen LogP contribution in [-0.4, -0.2) is 33.4 Å². The molecule has 1 unspecified atom stereocenters. The van der Waals surface area contributed by atoms with E-state index in [1.54, 1.807) is 7.11 Å². The molecule has 0 fully saturated rings. The lowest BCUT2D eigenvalue weighted by atomic mass is 10.1. The first kappa shape index (κ1) is 15.0. The van der Waals surface area contributed by atoms with Crippen LogP contribution in [0, 0.1) is 0 Å². The van der Waals surface area contributed by atoms with E-state index >= 15 is 0 Å². The number of benzene rings is 1. The summed E-state index contributed by atoms with van der Waals surface area (Å²) in [5.41, 5.74) is 2.60. The minimum atomic E-state index is 0.415. The van der Waals surface area contributed by atoms with Gasteiger partial charge in [-0.25, -0.2) is 0 Å². The zero-order chi connectivity index (χ0) is 13.4. The summed E-state index contributed by atoms with van der Waals surface area (Å²) in [6.45, 7) is 10.2. The quantitative estimate of drug-likeness (QED) is 0.768. The van der Waals surface area contributed by atoms with Crippen LogP contribution in [0.25, 0.3) is 0 Å². The molecule has 0 aliphatic carbocycles. The maximum absolute atomic E-state index is 5.14. The molecule has 0 amide bonds. The summed E-state index contributed by atoms with van der Waals surface area (Å²) >= 11 is 0. The topological polar surface area (TPSA) is 24.5 Å². The number of anilines is 1. The molecular formula is C15H26N2O. The molecule has 3 nitrogen and oxygen atoms in total. The molecule has 1 aromatic rings. The molecule has 0 aromatic heterocycles. The van der Waals surface area contributed by atoms with Crippen molar-refractivity contribution >= 4 is 5.69 Å². The van der Waals surface area contributed by atoms with Crippen molar-refractivity contribution in [3.05, 3.63) is 29.8 Å². The van der Waals surface area contributed by atoms with Gasteiger partial charge in [0.15, 0.2) is 0 Å². The minimum absolute atomic E-state index is 0.415. The van der Waals surface area contributed by atoms with Gasteiger partial charge >= 0.3 is 0 Å². The Kier molecular flexibility index (Phi) is 6.76. The molecule has 1 atom stereocenters. The average Bonchev–Trinajstić information content (AvgIpc) is 2.40. The van der Waals surface area contributed by atoms with E-state index in [9.17, 15) is 0 Å². The van der Waals surface area contributed by atoms with Crippen LogP contribution in [0.4, 0.5) is 5.69 Å². The zero-order valence-corrected chi connectivity index (χ0v) is 12.1. The smallest absolute Gasteiger partial charge is 0.0637 e. The lowest BCUT2D eigenvalue weighted by Gasteiger charge is -2.23. The first-order valence-electron chi connectivity index (χ1n) is 6.80. The molecule has 1 N–H and O–H groups in total. The first-order chi connectivity index (χ1) is 8.72. The molecule has 0 saturated heterocycles. The molecule has 0 heterocycles. The van der Waals surface area contributed by atoms with E-state index in [1.165, 1.54) is 11.3 Å². The van der Waals surface area contributed by atoms with Crippen molar-refractivity contribution in [1.29, 1.82) is 0 Å². The van der Waals surface area contributed by atoms with E-state index in [4.69, 9.17) is 4.74 Å². The molecule has 1 aromatic carbocycles. The van der Waals surface area contributed by atoms with Crippen LogP contribution in [0.1, 0.15) is 32.4 Å². The number of likely N-dealkylation sites (N-methyl/N-ethyl adjacent to an activating group) is 1. The fraction of sp³-hybridized carbons (Fsp3) is 0.600. The monoisotopic (exact) mass is 250 g/mol. The molecule has 3 heteroatoms. The predicted octanol–water partition coefficient (Wildman–Crippen LogP) is 2.83. The van der Waals surface area contributed by atoms with Crippen LogP contribution in [0.3, 0.4) is 0 Å². The SMILES string of the molecule is CCNC(C)c1ccc(N(CC)CCOC)cc1. The van der Waals surface area contributed by atoms with E-state index in [-0.39, 0.29) is 0 Å². The first-order valence-corrected chi connectivity index (χ1v) is 6.80. The van der Waals surface area contributed by atoms with Crippen molar-refractivity contribution in [2.75, 3.05) is 38.3 Å². The summed E-state index contributed by atoms with van der Waals surface area (Å²) in [6, 6.07) is 9.22. The fourth-order valence-electron chi connectivity index (χ4n) is 2.07. The zero-order valence-electron chi connectivity index (χ0n) is 12.1. The number of methoxy groups -OCH3 is 1. The number of ether oxygens (including phenoxy) is 1. The maximum atomic E-state index is 5.14. The molecule has 0 spiro atoms. The molecule has 0 bridgehead atoms. The van der Waals surface area contributed by atoms with Gasteiger partial charge in [-0.3, -0.25) is 0 Å². The van der Waals surface area contributed by atoms with Gasteiger partial charge in [0.25, 0.3) is 0 Å². The molecule has 1 rings (SSSR count).